The van der Waals surface area contributed by atoms with Crippen LogP contribution in [-0.2, 0) is 22.4 Å². The SMILES string of the molecule is COC(=O)C(O)c1c(O)c(Cl)cc2c1CCCC2. The van der Waals surface area contributed by atoms with Crippen LogP contribution in [0.25, 0.3) is 0 Å². The van der Waals surface area contributed by atoms with Gasteiger partial charge in [0.1, 0.15) is 5.75 Å². The minimum absolute atomic E-state index is 0.161. The number of phenolic OH excluding ortho intramolecular Hbond substituents is 1. The van der Waals surface area contributed by atoms with Crippen LogP contribution < -0.4 is 0 Å². The Bertz CT molecular complexity index is 484. The third kappa shape index (κ3) is 2.18. The van der Waals surface area contributed by atoms with E-state index in [9.17, 15) is 15.0 Å². The molecule has 0 saturated carbocycles. The van der Waals surface area contributed by atoms with Gasteiger partial charge in [-0.25, -0.2) is 4.79 Å². The monoisotopic (exact) mass is 270 g/mol. The molecule has 0 saturated heterocycles. The van der Waals surface area contributed by atoms with Gasteiger partial charge < -0.3 is 14.9 Å². The minimum atomic E-state index is -1.49. The summed E-state index contributed by atoms with van der Waals surface area (Å²) < 4.78 is 4.51. The Kier molecular flexibility index (Phi) is 3.78. The lowest BCUT2D eigenvalue weighted by molar-refractivity contribution is -0.150. The summed E-state index contributed by atoms with van der Waals surface area (Å²) in [6.45, 7) is 0. The van der Waals surface area contributed by atoms with Crippen LogP contribution in [0, 0.1) is 0 Å². The van der Waals surface area contributed by atoms with Crippen molar-refractivity contribution in [2.45, 2.75) is 31.8 Å². The molecule has 0 aliphatic heterocycles. The van der Waals surface area contributed by atoms with Crippen molar-refractivity contribution in [3.63, 3.8) is 0 Å². The Balaban J connectivity index is 2.56. The number of benzene rings is 1. The van der Waals surface area contributed by atoms with Crippen molar-refractivity contribution < 1.29 is 19.7 Å². The van der Waals surface area contributed by atoms with Gasteiger partial charge in [0.15, 0.2) is 6.10 Å². The fourth-order valence-corrected chi connectivity index (χ4v) is 2.65. The van der Waals surface area contributed by atoms with E-state index in [2.05, 4.69) is 4.74 Å². The van der Waals surface area contributed by atoms with Gasteiger partial charge in [-0.1, -0.05) is 11.6 Å². The quantitative estimate of drug-likeness (QED) is 0.808. The third-order valence-electron chi connectivity index (χ3n) is 3.32. The highest BCUT2D eigenvalue weighted by molar-refractivity contribution is 6.32. The summed E-state index contributed by atoms with van der Waals surface area (Å²) in [5, 5.41) is 20.1. The molecule has 0 heterocycles. The molecule has 5 heteroatoms. The zero-order valence-corrected chi connectivity index (χ0v) is 10.8. The van der Waals surface area contributed by atoms with Crippen LogP contribution in [-0.4, -0.2) is 23.3 Å². The number of hydrogen-bond donors (Lipinski definition) is 2. The van der Waals surface area contributed by atoms with Gasteiger partial charge in [-0.2, -0.15) is 0 Å². The van der Waals surface area contributed by atoms with Gasteiger partial charge in [-0.3, -0.25) is 0 Å². The van der Waals surface area contributed by atoms with Crippen LogP contribution in [0.5, 0.6) is 5.75 Å². The molecule has 1 aromatic carbocycles. The van der Waals surface area contributed by atoms with E-state index in [1.54, 1.807) is 6.07 Å². The van der Waals surface area contributed by atoms with E-state index in [-0.39, 0.29) is 16.3 Å². The number of aliphatic hydroxyl groups is 1. The fraction of sp³-hybridized carbons (Fsp3) is 0.462. The minimum Gasteiger partial charge on any atom is -0.506 e. The molecule has 0 amide bonds. The zero-order valence-electron chi connectivity index (χ0n) is 10.1. The van der Waals surface area contributed by atoms with Crippen LogP contribution in [0.2, 0.25) is 5.02 Å². The maximum absolute atomic E-state index is 11.4. The third-order valence-corrected chi connectivity index (χ3v) is 3.60. The summed E-state index contributed by atoms with van der Waals surface area (Å²) in [4.78, 5) is 11.4. The molecule has 2 N–H and O–H groups in total. The lowest BCUT2D eigenvalue weighted by atomic mass is 9.86. The number of carbonyl (C=O) groups excluding carboxylic acids is 1. The summed E-state index contributed by atoms with van der Waals surface area (Å²) >= 11 is 5.93. The summed E-state index contributed by atoms with van der Waals surface area (Å²) in [6, 6.07) is 1.71. The molecule has 0 bridgehead atoms. The molecule has 98 valence electrons. The number of fused-ring (bicyclic) bond motifs is 1. The second kappa shape index (κ2) is 5.16. The number of aryl methyl sites for hydroxylation is 1. The van der Waals surface area contributed by atoms with Gasteiger partial charge in [-0.05, 0) is 42.9 Å². The molecule has 1 aromatic rings. The molecule has 0 spiro atoms. The van der Waals surface area contributed by atoms with Crippen LogP contribution in [0.15, 0.2) is 6.07 Å². The van der Waals surface area contributed by atoms with Crippen molar-refractivity contribution in [2.24, 2.45) is 0 Å². The normalized spacial score (nSPS) is 15.9. The fourth-order valence-electron chi connectivity index (χ4n) is 2.41. The molecule has 4 nitrogen and oxygen atoms in total. The average Bonchev–Trinajstić information content (AvgIpc) is 2.38. The number of methoxy groups -OCH3 is 1. The summed E-state index contributed by atoms with van der Waals surface area (Å²) in [5.41, 5.74) is 2.01. The van der Waals surface area contributed by atoms with Crippen molar-refractivity contribution in [2.75, 3.05) is 7.11 Å². The van der Waals surface area contributed by atoms with Gasteiger partial charge in [0.25, 0.3) is 0 Å². The van der Waals surface area contributed by atoms with E-state index in [0.717, 1.165) is 36.8 Å². The predicted molar refractivity (Wildman–Crippen MR) is 66.7 cm³/mol. The van der Waals surface area contributed by atoms with Crippen LogP contribution in [0.3, 0.4) is 0 Å². The first-order valence-electron chi connectivity index (χ1n) is 5.85. The van der Waals surface area contributed by atoms with Crippen LogP contribution >= 0.6 is 11.6 Å². The first kappa shape index (κ1) is 13.2. The van der Waals surface area contributed by atoms with Gasteiger partial charge >= 0.3 is 5.97 Å². The number of carbonyl (C=O) groups is 1. The van der Waals surface area contributed by atoms with E-state index in [4.69, 9.17) is 11.6 Å². The number of aromatic hydroxyl groups is 1. The zero-order chi connectivity index (χ0) is 13.3. The van der Waals surface area contributed by atoms with E-state index in [0.29, 0.717) is 0 Å². The van der Waals surface area contributed by atoms with Crippen molar-refractivity contribution in [1.29, 1.82) is 0 Å². The summed E-state index contributed by atoms with van der Waals surface area (Å²) in [6.07, 6.45) is 2.09. The molecule has 0 aromatic heterocycles. The number of halogens is 1. The molecule has 1 aliphatic carbocycles. The topological polar surface area (TPSA) is 66.8 Å². The number of hydrogen-bond acceptors (Lipinski definition) is 4. The summed E-state index contributed by atoms with van der Waals surface area (Å²) in [5.74, 6) is -1.02. The van der Waals surface area contributed by atoms with Crippen molar-refractivity contribution in [3.8, 4) is 5.75 Å². The molecule has 2 rings (SSSR count). The van der Waals surface area contributed by atoms with Crippen LogP contribution in [0.1, 0.15) is 35.6 Å². The standard InChI is InChI=1S/C13H15ClO4/c1-18-13(17)12(16)10-8-5-3-2-4-7(8)6-9(14)11(10)15/h6,12,15-16H,2-5H2,1H3. The largest absolute Gasteiger partial charge is 0.506 e. The van der Waals surface area contributed by atoms with Crippen molar-refractivity contribution >= 4 is 17.6 Å². The van der Waals surface area contributed by atoms with Gasteiger partial charge in [0.2, 0.25) is 0 Å². The molecule has 1 atom stereocenters. The first-order valence-corrected chi connectivity index (χ1v) is 6.23. The maximum Gasteiger partial charge on any atom is 0.339 e. The molecule has 0 fully saturated rings. The Labute approximate surface area is 110 Å². The van der Waals surface area contributed by atoms with Crippen molar-refractivity contribution in [3.05, 3.63) is 27.8 Å². The Hall–Kier alpha value is -1.26. The molecule has 1 aliphatic rings. The number of rotatable bonds is 2. The molecular formula is C13H15ClO4. The second-order valence-electron chi connectivity index (χ2n) is 4.39. The van der Waals surface area contributed by atoms with E-state index < -0.39 is 12.1 Å². The maximum atomic E-state index is 11.4. The lowest BCUT2D eigenvalue weighted by Gasteiger charge is -2.23. The van der Waals surface area contributed by atoms with E-state index in [1.165, 1.54) is 7.11 Å². The second-order valence-corrected chi connectivity index (χ2v) is 4.80. The van der Waals surface area contributed by atoms with E-state index in [1.807, 2.05) is 0 Å². The number of phenols is 1. The Morgan fingerprint density at radius 3 is 2.78 bits per heavy atom. The first-order chi connectivity index (χ1) is 8.56. The Morgan fingerprint density at radius 1 is 1.44 bits per heavy atom. The smallest absolute Gasteiger partial charge is 0.339 e. The molecule has 18 heavy (non-hydrogen) atoms. The highest BCUT2D eigenvalue weighted by Crippen LogP contribution is 2.40. The lowest BCUT2D eigenvalue weighted by Crippen LogP contribution is -2.18. The van der Waals surface area contributed by atoms with Gasteiger partial charge in [0, 0.05) is 5.56 Å². The molecule has 1 unspecified atom stereocenters. The van der Waals surface area contributed by atoms with Crippen LogP contribution in [0.4, 0.5) is 0 Å². The van der Waals surface area contributed by atoms with E-state index >= 15 is 0 Å². The highest BCUT2D eigenvalue weighted by atomic mass is 35.5. The molecular weight excluding hydrogens is 256 g/mol. The van der Waals surface area contributed by atoms with Gasteiger partial charge in [-0.15, -0.1) is 0 Å². The average molecular weight is 271 g/mol. The summed E-state index contributed by atoms with van der Waals surface area (Å²) in [7, 11) is 1.19. The molecule has 0 radical (unpaired) electrons. The predicted octanol–water partition coefficient (Wildman–Crippen LogP) is 2.13. The number of esters is 1. The van der Waals surface area contributed by atoms with Gasteiger partial charge in [0.05, 0.1) is 12.1 Å². The number of aliphatic hydroxyl groups excluding tert-OH is 1. The highest BCUT2D eigenvalue weighted by Gasteiger charge is 2.28. The Morgan fingerprint density at radius 2 is 2.11 bits per heavy atom. The number of ether oxygens (including phenoxy) is 1. The van der Waals surface area contributed by atoms with Crippen molar-refractivity contribution in [1.82, 2.24) is 0 Å².